The first kappa shape index (κ1) is 16.2. The number of benzene rings is 1. The Morgan fingerprint density at radius 2 is 1.67 bits per heavy atom. The van der Waals surface area contributed by atoms with Gasteiger partial charge < -0.3 is 9.80 Å². The first-order chi connectivity index (χ1) is 11.7. The van der Waals surface area contributed by atoms with Gasteiger partial charge in [0, 0.05) is 38.2 Å². The Kier molecular flexibility index (Phi) is 4.89. The van der Waals surface area contributed by atoms with Crippen LogP contribution in [0.15, 0.2) is 48.8 Å². The lowest BCUT2D eigenvalue weighted by atomic mass is 10.1. The number of carbonyl (C=O) groups excluding carboxylic acids is 2. The van der Waals surface area contributed by atoms with Gasteiger partial charge in [0.25, 0.3) is 11.8 Å². The first-order valence-electron chi connectivity index (χ1n) is 8.24. The van der Waals surface area contributed by atoms with Crippen LogP contribution in [0.5, 0.6) is 0 Å². The van der Waals surface area contributed by atoms with Crippen LogP contribution in [0.25, 0.3) is 0 Å². The minimum atomic E-state index is -0.179. The lowest BCUT2D eigenvalue weighted by molar-refractivity contribution is 0.0724. The number of para-hydroxylation sites is 1. The van der Waals surface area contributed by atoms with Crippen LogP contribution in [-0.2, 0) is 0 Å². The minimum absolute atomic E-state index is 0.0424. The molecule has 1 aromatic carbocycles. The molecule has 124 valence electrons. The van der Waals surface area contributed by atoms with Crippen LogP contribution >= 0.6 is 0 Å². The van der Waals surface area contributed by atoms with E-state index in [0.717, 1.165) is 31.6 Å². The van der Waals surface area contributed by atoms with Gasteiger partial charge >= 0.3 is 0 Å². The lowest BCUT2D eigenvalue weighted by Gasteiger charge is -2.26. The molecule has 2 heterocycles. The Balaban J connectivity index is 1.79. The highest BCUT2D eigenvalue weighted by atomic mass is 16.2. The van der Waals surface area contributed by atoms with Crippen molar-refractivity contribution < 1.29 is 9.59 Å². The van der Waals surface area contributed by atoms with E-state index in [1.54, 1.807) is 18.0 Å². The zero-order valence-electron chi connectivity index (χ0n) is 13.8. The second kappa shape index (κ2) is 7.25. The molecule has 0 atom stereocenters. The number of piperidine rings is 1. The Morgan fingerprint density at radius 1 is 1.00 bits per heavy atom. The van der Waals surface area contributed by atoms with Crippen molar-refractivity contribution >= 4 is 17.5 Å². The third kappa shape index (κ3) is 3.45. The molecule has 2 amide bonds. The normalized spacial score (nSPS) is 14.3. The van der Waals surface area contributed by atoms with E-state index in [4.69, 9.17) is 0 Å². The maximum atomic E-state index is 12.7. The van der Waals surface area contributed by atoms with Crippen LogP contribution in [-0.4, -0.2) is 41.8 Å². The number of hydrogen-bond donors (Lipinski definition) is 0. The van der Waals surface area contributed by atoms with Gasteiger partial charge in [0.2, 0.25) is 0 Å². The summed E-state index contributed by atoms with van der Waals surface area (Å²) in [5.41, 5.74) is 1.70. The van der Waals surface area contributed by atoms with Gasteiger partial charge in [-0.1, -0.05) is 18.2 Å². The molecule has 3 rings (SSSR count). The van der Waals surface area contributed by atoms with Crippen molar-refractivity contribution in [3.63, 3.8) is 0 Å². The smallest absolute Gasteiger partial charge is 0.259 e. The number of carbonyl (C=O) groups is 2. The first-order valence-corrected chi connectivity index (χ1v) is 8.24. The SMILES string of the molecule is CN(C(=O)c1cncc(C(=O)N2CCCCC2)c1)c1ccccc1. The molecule has 0 bridgehead atoms. The van der Waals surface area contributed by atoms with Gasteiger partial charge in [0.1, 0.15) is 0 Å². The van der Waals surface area contributed by atoms with E-state index in [0.29, 0.717) is 11.1 Å². The molecule has 24 heavy (non-hydrogen) atoms. The van der Waals surface area contributed by atoms with Crippen LogP contribution in [0, 0.1) is 0 Å². The topological polar surface area (TPSA) is 53.5 Å². The average Bonchev–Trinajstić information content (AvgIpc) is 2.67. The summed E-state index contributed by atoms with van der Waals surface area (Å²) < 4.78 is 0. The molecule has 2 aromatic rings. The number of likely N-dealkylation sites (tertiary alicyclic amines) is 1. The monoisotopic (exact) mass is 323 g/mol. The Bertz CT molecular complexity index is 724. The zero-order chi connectivity index (χ0) is 16.9. The summed E-state index contributed by atoms with van der Waals surface area (Å²) in [5.74, 6) is -0.221. The third-order valence-electron chi connectivity index (χ3n) is 4.32. The third-order valence-corrected chi connectivity index (χ3v) is 4.32. The molecule has 5 heteroatoms. The number of pyridine rings is 1. The minimum Gasteiger partial charge on any atom is -0.339 e. The van der Waals surface area contributed by atoms with Crippen LogP contribution in [0.3, 0.4) is 0 Å². The standard InChI is InChI=1S/C19H21N3O2/c1-21(17-8-4-2-5-9-17)18(23)15-12-16(14-20-13-15)19(24)22-10-6-3-7-11-22/h2,4-5,8-9,12-14H,3,6-7,10-11H2,1H3. The van der Waals surface area contributed by atoms with E-state index >= 15 is 0 Å². The van der Waals surface area contributed by atoms with E-state index in [9.17, 15) is 9.59 Å². The van der Waals surface area contributed by atoms with Crippen LogP contribution < -0.4 is 4.90 Å². The number of amides is 2. The van der Waals surface area contributed by atoms with Gasteiger partial charge in [0.15, 0.2) is 0 Å². The molecule has 1 aliphatic heterocycles. The van der Waals surface area contributed by atoms with E-state index in [-0.39, 0.29) is 11.8 Å². The average molecular weight is 323 g/mol. The van der Waals surface area contributed by atoms with Crippen LogP contribution in [0.1, 0.15) is 40.0 Å². The second-order valence-electron chi connectivity index (χ2n) is 6.01. The molecule has 0 N–H and O–H groups in total. The predicted molar refractivity (Wildman–Crippen MR) is 93.2 cm³/mol. The Hall–Kier alpha value is -2.69. The quantitative estimate of drug-likeness (QED) is 0.872. The summed E-state index contributed by atoms with van der Waals surface area (Å²) >= 11 is 0. The Labute approximate surface area is 141 Å². The van der Waals surface area contributed by atoms with E-state index in [1.165, 1.54) is 18.8 Å². The molecule has 1 aliphatic rings. The number of hydrogen-bond acceptors (Lipinski definition) is 3. The molecular formula is C19H21N3O2. The van der Waals surface area contributed by atoms with Gasteiger partial charge in [-0.3, -0.25) is 14.6 Å². The number of anilines is 1. The van der Waals surface area contributed by atoms with E-state index in [2.05, 4.69) is 4.98 Å². The van der Waals surface area contributed by atoms with Crippen LogP contribution in [0.4, 0.5) is 5.69 Å². The summed E-state index contributed by atoms with van der Waals surface area (Å²) in [6.45, 7) is 1.56. The number of rotatable bonds is 3. The molecule has 0 unspecified atom stereocenters. The summed E-state index contributed by atoms with van der Waals surface area (Å²) in [7, 11) is 1.72. The predicted octanol–water partition coefficient (Wildman–Crippen LogP) is 2.98. The molecule has 1 aromatic heterocycles. The fourth-order valence-electron chi connectivity index (χ4n) is 2.92. The fraction of sp³-hybridized carbons (Fsp3) is 0.316. The summed E-state index contributed by atoms with van der Waals surface area (Å²) in [6.07, 6.45) is 6.29. The molecule has 0 radical (unpaired) electrons. The van der Waals surface area contributed by atoms with Crippen LogP contribution in [0.2, 0.25) is 0 Å². The largest absolute Gasteiger partial charge is 0.339 e. The van der Waals surface area contributed by atoms with Gasteiger partial charge in [-0.15, -0.1) is 0 Å². The molecule has 1 fully saturated rings. The van der Waals surface area contributed by atoms with Crippen molar-refractivity contribution in [1.29, 1.82) is 0 Å². The highest BCUT2D eigenvalue weighted by Crippen LogP contribution is 2.17. The maximum Gasteiger partial charge on any atom is 0.259 e. The van der Waals surface area contributed by atoms with Gasteiger partial charge in [-0.25, -0.2) is 0 Å². The van der Waals surface area contributed by atoms with E-state index < -0.39 is 0 Å². The lowest BCUT2D eigenvalue weighted by Crippen LogP contribution is -2.36. The highest BCUT2D eigenvalue weighted by Gasteiger charge is 2.20. The molecular weight excluding hydrogens is 302 g/mol. The Morgan fingerprint density at radius 3 is 2.38 bits per heavy atom. The van der Waals surface area contributed by atoms with Gasteiger partial charge in [-0.05, 0) is 37.5 Å². The molecule has 0 aliphatic carbocycles. The number of aromatic nitrogens is 1. The van der Waals surface area contributed by atoms with Crippen molar-refractivity contribution in [2.24, 2.45) is 0 Å². The second-order valence-corrected chi connectivity index (χ2v) is 6.01. The fourth-order valence-corrected chi connectivity index (χ4v) is 2.92. The van der Waals surface area contributed by atoms with Crippen molar-refractivity contribution in [3.05, 3.63) is 59.9 Å². The van der Waals surface area contributed by atoms with Crippen molar-refractivity contribution in [1.82, 2.24) is 9.88 Å². The van der Waals surface area contributed by atoms with E-state index in [1.807, 2.05) is 35.2 Å². The molecule has 5 nitrogen and oxygen atoms in total. The van der Waals surface area contributed by atoms with Crippen molar-refractivity contribution in [2.45, 2.75) is 19.3 Å². The summed E-state index contributed by atoms with van der Waals surface area (Å²) in [6, 6.07) is 11.1. The summed E-state index contributed by atoms with van der Waals surface area (Å²) in [5, 5.41) is 0. The molecule has 0 saturated carbocycles. The maximum absolute atomic E-state index is 12.7. The number of nitrogens with zero attached hydrogens (tertiary/aromatic N) is 3. The zero-order valence-corrected chi connectivity index (χ0v) is 13.8. The molecule has 1 saturated heterocycles. The van der Waals surface area contributed by atoms with Crippen molar-refractivity contribution in [3.8, 4) is 0 Å². The summed E-state index contributed by atoms with van der Waals surface area (Å²) in [4.78, 5) is 32.7. The van der Waals surface area contributed by atoms with Gasteiger partial charge in [-0.2, -0.15) is 0 Å². The van der Waals surface area contributed by atoms with Crippen molar-refractivity contribution in [2.75, 3.05) is 25.0 Å². The molecule has 0 spiro atoms. The highest BCUT2D eigenvalue weighted by molar-refractivity contribution is 6.07. The van der Waals surface area contributed by atoms with Gasteiger partial charge in [0.05, 0.1) is 11.1 Å².